The number of para-hydroxylation sites is 2. The van der Waals surface area contributed by atoms with Gasteiger partial charge in [-0.25, -0.2) is 4.68 Å². The van der Waals surface area contributed by atoms with Gasteiger partial charge in [-0.05, 0) is 24.3 Å². The number of methoxy groups -OCH3 is 1. The first-order valence-electron chi connectivity index (χ1n) is 12.5. The summed E-state index contributed by atoms with van der Waals surface area (Å²) < 4.78 is 12.2. The van der Waals surface area contributed by atoms with Gasteiger partial charge >= 0.3 is 0 Å². The summed E-state index contributed by atoms with van der Waals surface area (Å²) in [5.74, 6) is 1.08. The number of anilines is 2. The third-order valence-corrected chi connectivity index (χ3v) is 7.39. The summed E-state index contributed by atoms with van der Waals surface area (Å²) in [6.45, 7) is 6.89. The maximum absolute atomic E-state index is 13.0. The molecule has 2 fully saturated rings. The van der Waals surface area contributed by atoms with Crippen molar-refractivity contribution < 1.29 is 13.9 Å². The second-order valence-electron chi connectivity index (χ2n) is 9.13. The molecule has 2 aliphatic rings. The SMILES string of the molecule is COc1ccccc1N1CCN(CCn2ncc(N3CCN(C(=O)c4ccco4)CC3)c(Cl)c2=O)CC1. The van der Waals surface area contributed by atoms with E-state index in [1.54, 1.807) is 30.3 Å². The molecule has 0 atom stereocenters. The number of rotatable bonds is 7. The Bertz CT molecular complexity index is 1260. The van der Waals surface area contributed by atoms with Gasteiger partial charge in [0.15, 0.2) is 5.76 Å². The average molecular weight is 527 g/mol. The lowest BCUT2D eigenvalue weighted by atomic mass is 10.2. The molecule has 2 aliphatic heterocycles. The fourth-order valence-electron chi connectivity index (χ4n) is 4.88. The second-order valence-corrected chi connectivity index (χ2v) is 9.51. The Morgan fingerprint density at radius 3 is 2.35 bits per heavy atom. The minimum atomic E-state index is -0.291. The highest BCUT2D eigenvalue weighted by molar-refractivity contribution is 6.33. The van der Waals surface area contributed by atoms with Gasteiger partial charge in [-0.1, -0.05) is 23.7 Å². The predicted octanol–water partition coefficient (Wildman–Crippen LogP) is 2.28. The van der Waals surface area contributed by atoms with Crippen LogP contribution in [0.2, 0.25) is 5.02 Å². The minimum absolute atomic E-state index is 0.131. The fraction of sp³-hybridized carbons (Fsp3) is 0.423. The van der Waals surface area contributed by atoms with E-state index in [0.717, 1.165) is 44.2 Å². The van der Waals surface area contributed by atoms with E-state index in [0.29, 0.717) is 44.2 Å². The van der Waals surface area contributed by atoms with Crippen molar-refractivity contribution in [1.82, 2.24) is 19.6 Å². The summed E-state index contributed by atoms with van der Waals surface area (Å²) >= 11 is 6.51. The van der Waals surface area contributed by atoms with Crippen molar-refractivity contribution in [3.8, 4) is 5.75 Å². The van der Waals surface area contributed by atoms with Crippen LogP contribution in [0.15, 0.2) is 58.1 Å². The number of carbonyl (C=O) groups excluding carboxylic acids is 1. The molecule has 10 nitrogen and oxygen atoms in total. The van der Waals surface area contributed by atoms with Crippen LogP contribution >= 0.6 is 11.6 Å². The van der Waals surface area contributed by atoms with Crippen LogP contribution in [0.4, 0.5) is 11.4 Å². The summed E-state index contributed by atoms with van der Waals surface area (Å²) in [5, 5.41) is 4.58. The lowest BCUT2D eigenvalue weighted by Crippen LogP contribution is -2.49. The number of piperazine rings is 2. The van der Waals surface area contributed by atoms with Crippen molar-refractivity contribution in [2.45, 2.75) is 6.54 Å². The molecule has 1 aromatic carbocycles. The number of amides is 1. The van der Waals surface area contributed by atoms with Crippen LogP contribution in [0.5, 0.6) is 5.75 Å². The van der Waals surface area contributed by atoms with E-state index in [2.05, 4.69) is 21.0 Å². The van der Waals surface area contributed by atoms with Crippen molar-refractivity contribution in [1.29, 1.82) is 0 Å². The first-order chi connectivity index (χ1) is 18.0. The van der Waals surface area contributed by atoms with E-state index in [1.807, 2.05) is 23.1 Å². The highest BCUT2D eigenvalue weighted by atomic mass is 35.5. The van der Waals surface area contributed by atoms with E-state index in [9.17, 15) is 9.59 Å². The first-order valence-corrected chi connectivity index (χ1v) is 12.9. The smallest absolute Gasteiger partial charge is 0.289 e. The molecule has 3 aromatic rings. The summed E-state index contributed by atoms with van der Waals surface area (Å²) in [4.78, 5) is 33.9. The number of ether oxygens (including phenoxy) is 1. The quantitative estimate of drug-likeness (QED) is 0.463. The third kappa shape index (κ3) is 5.45. The molecular weight excluding hydrogens is 496 g/mol. The lowest BCUT2D eigenvalue weighted by molar-refractivity contribution is 0.0714. The molecule has 0 saturated carbocycles. The Morgan fingerprint density at radius 1 is 0.946 bits per heavy atom. The Labute approximate surface area is 220 Å². The molecule has 0 aliphatic carbocycles. The molecule has 0 spiro atoms. The summed E-state index contributed by atoms with van der Waals surface area (Å²) in [6.07, 6.45) is 3.15. The van der Waals surface area contributed by atoms with Crippen molar-refractivity contribution in [2.75, 3.05) is 75.8 Å². The topological polar surface area (TPSA) is 87.3 Å². The molecule has 0 radical (unpaired) electrons. The first kappa shape index (κ1) is 25.2. The highest BCUT2D eigenvalue weighted by Crippen LogP contribution is 2.28. The maximum Gasteiger partial charge on any atom is 0.289 e. The maximum atomic E-state index is 13.0. The van der Waals surface area contributed by atoms with Gasteiger partial charge in [-0.3, -0.25) is 14.5 Å². The van der Waals surface area contributed by atoms with Crippen LogP contribution in [0.25, 0.3) is 0 Å². The predicted molar refractivity (Wildman–Crippen MR) is 142 cm³/mol. The van der Waals surface area contributed by atoms with Crippen molar-refractivity contribution >= 4 is 28.9 Å². The largest absolute Gasteiger partial charge is 0.495 e. The van der Waals surface area contributed by atoms with E-state index in [4.69, 9.17) is 20.8 Å². The van der Waals surface area contributed by atoms with Crippen molar-refractivity contribution in [2.24, 2.45) is 0 Å². The molecule has 1 amide bonds. The number of hydrogen-bond donors (Lipinski definition) is 0. The van der Waals surface area contributed by atoms with Crippen LogP contribution in [-0.4, -0.2) is 91.5 Å². The van der Waals surface area contributed by atoms with E-state index >= 15 is 0 Å². The van der Waals surface area contributed by atoms with Gasteiger partial charge in [0, 0.05) is 58.9 Å². The van der Waals surface area contributed by atoms with Crippen LogP contribution in [0.1, 0.15) is 10.6 Å². The number of aromatic nitrogens is 2. The number of halogens is 1. The molecule has 196 valence electrons. The van der Waals surface area contributed by atoms with Crippen molar-refractivity contribution in [3.05, 3.63) is 70.0 Å². The standard InChI is InChI=1S/C26H31ClN6O4/c1-36-22-6-3-2-5-20(22)30-11-8-29(9-12-30)10-17-33-26(35)24(27)21(19-28-33)31-13-15-32(16-14-31)25(34)23-7-4-18-37-23/h2-7,18-19H,8-17H2,1H3. The van der Waals surface area contributed by atoms with Crippen LogP contribution in [0.3, 0.4) is 0 Å². The third-order valence-electron chi connectivity index (χ3n) is 7.03. The zero-order chi connectivity index (χ0) is 25.8. The Kier molecular flexibility index (Phi) is 7.66. The zero-order valence-electron chi connectivity index (χ0n) is 20.9. The lowest BCUT2D eigenvalue weighted by Gasteiger charge is -2.36. The molecule has 4 heterocycles. The van der Waals surface area contributed by atoms with Gasteiger partial charge in [0.05, 0.1) is 37.5 Å². The second kappa shape index (κ2) is 11.3. The molecule has 0 bridgehead atoms. The molecular formula is C26H31ClN6O4. The van der Waals surface area contributed by atoms with Gasteiger partial charge in [-0.15, -0.1) is 0 Å². The number of carbonyl (C=O) groups is 1. The summed E-state index contributed by atoms with van der Waals surface area (Å²) in [7, 11) is 1.69. The number of nitrogens with zero attached hydrogens (tertiary/aromatic N) is 6. The average Bonchev–Trinajstić information content (AvgIpc) is 3.49. The normalized spacial score (nSPS) is 16.8. The number of furan rings is 1. The number of benzene rings is 1. The van der Waals surface area contributed by atoms with Gasteiger partial charge in [0.2, 0.25) is 0 Å². The highest BCUT2D eigenvalue weighted by Gasteiger charge is 2.26. The Balaban J connectivity index is 1.14. The monoisotopic (exact) mass is 526 g/mol. The molecule has 0 unspecified atom stereocenters. The molecule has 0 N–H and O–H groups in total. The molecule has 37 heavy (non-hydrogen) atoms. The molecule has 2 aromatic heterocycles. The Hall–Kier alpha value is -3.50. The molecule has 11 heteroatoms. The van der Waals surface area contributed by atoms with E-state index < -0.39 is 0 Å². The minimum Gasteiger partial charge on any atom is -0.495 e. The van der Waals surface area contributed by atoms with Crippen LogP contribution < -0.4 is 20.1 Å². The summed E-state index contributed by atoms with van der Waals surface area (Å²) in [6, 6.07) is 11.4. The summed E-state index contributed by atoms with van der Waals surface area (Å²) in [5.41, 5.74) is 1.43. The zero-order valence-corrected chi connectivity index (χ0v) is 21.6. The van der Waals surface area contributed by atoms with Gasteiger partial charge < -0.3 is 23.9 Å². The van der Waals surface area contributed by atoms with Gasteiger partial charge in [-0.2, -0.15) is 5.10 Å². The van der Waals surface area contributed by atoms with Crippen molar-refractivity contribution in [3.63, 3.8) is 0 Å². The molecule has 5 rings (SSSR count). The van der Waals surface area contributed by atoms with Crippen LogP contribution in [-0.2, 0) is 6.54 Å². The number of hydrogen-bond acceptors (Lipinski definition) is 8. The van der Waals surface area contributed by atoms with E-state index in [-0.39, 0.29) is 16.5 Å². The van der Waals surface area contributed by atoms with Gasteiger partial charge in [0.1, 0.15) is 10.8 Å². The molecule has 2 saturated heterocycles. The van der Waals surface area contributed by atoms with Gasteiger partial charge in [0.25, 0.3) is 11.5 Å². The fourth-order valence-corrected chi connectivity index (χ4v) is 5.15. The van der Waals surface area contributed by atoms with Crippen LogP contribution in [0, 0.1) is 0 Å². The van der Waals surface area contributed by atoms with E-state index in [1.165, 1.54) is 10.9 Å². The Morgan fingerprint density at radius 2 is 1.65 bits per heavy atom.